The number of amides is 1. The van der Waals surface area contributed by atoms with Gasteiger partial charge in [0.25, 0.3) is 0 Å². The van der Waals surface area contributed by atoms with Crippen molar-refractivity contribution in [3.63, 3.8) is 0 Å². The largest absolute Gasteiger partial charge is 0.444 e. The Hall–Kier alpha value is -3.00. The van der Waals surface area contributed by atoms with E-state index in [0.29, 0.717) is 30.7 Å². The first-order chi connectivity index (χ1) is 16.6. The van der Waals surface area contributed by atoms with Gasteiger partial charge in [0.2, 0.25) is 0 Å². The number of nitrogens with zero attached hydrogens (tertiary/aromatic N) is 6. The van der Waals surface area contributed by atoms with Crippen molar-refractivity contribution < 1.29 is 9.53 Å². The molecule has 2 aliphatic rings. The molecule has 8 nitrogen and oxygen atoms in total. The van der Waals surface area contributed by atoms with E-state index in [1.165, 1.54) is 12.8 Å². The number of fused-ring (bicyclic) bond motifs is 1. The molecule has 1 saturated carbocycles. The van der Waals surface area contributed by atoms with E-state index in [-0.39, 0.29) is 12.1 Å². The topological polar surface area (TPSA) is 66.7 Å². The molecule has 1 aliphatic carbocycles. The molecular weight excluding hydrogens is 464 g/mol. The predicted octanol–water partition coefficient (Wildman–Crippen LogP) is 5.12. The summed E-state index contributed by atoms with van der Waals surface area (Å²) in [4.78, 5) is 28.6. The summed E-state index contributed by atoms with van der Waals surface area (Å²) in [7, 11) is 2.15. The Morgan fingerprint density at radius 3 is 2.63 bits per heavy atom. The van der Waals surface area contributed by atoms with Gasteiger partial charge in [-0.15, -0.1) is 0 Å². The minimum atomic E-state index is -0.512. The summed E-state index contributed by atoms with van der Waals surface area (Å²) in [5.74, 6) is 0.898. The monoisotopic (exact) mass is 496 g/mol. The van der Waals surface area contributed by atoms with Gasteiger partial charge in [0.15, 0.2) is 5.65 Å². The molecule has 1 saturated heterocycles. The molecular formula is C26H33ClN6O2. The van der Waals surface area contributed by atoms with E-state index in [1.807, 2.05) is 45.0 Å². The van der Waals surface area contributed by atoms with Crippen molar-refractivity contribution >= 4 is 40.2 Å². The Morgan fingerprint density at radius 2 is 1.97 bits per heavy atom. The van der Waals surface area contributed by atoms with Crippen LogP contribution < -0.4 is 9.80 Å². The Labute approximate surface area is 211 Å². The number of anilines is 2. The summed E-state index contributed by atoms with van der Waals surface area (Å²) in [5, 5.41) is 1.71. The number of rotatable bonds is 4. The second-order valence-electron chi connectivity index (χ2n) is 10.6. The predicted molar refractivity (Wildman–Crippen MR) is 140 cm³/mol. The number of benzene rings is 1. The number of carbonyl (C=O) groups excluding carboxylic acids is 1. The Kier molecular flexibility index (Phi) is 6.03. The molecule has 9 heteroatoms. The number of piperazine rings is 1. The SMILES string of the molecule is C[C@H]1CN(C(=O)OC(C)(C)C)CCN1c1ncnc2c1c(N(C)C1CC1)cn2-c1cccc(Cl)c1. The van der Waals surface area contributed by atoms with E-state index in [1.54, 1.807) is 11.2 Å². The molecule has 3 heterocycles. The lowest BCUT2D eigenvalue weighted by atomic mass is 10.1. The molecule has 2 aromatic heterocycles. The van der Waals surface area contributed by atoms with Crippen LogP contribution in [0.3, 0.4) is 0 Å². The van der Waals surface area contributed by atoms with Crippen molar-refractivity contribution in [1.82, 2.24) is 19.4 Å². The quantitative estimate of drug-likeness (QED) is 0.499. The third-order valence-electron chi connectivity index (χ3n) is 6.66. The number of hydrogen-bond donors (Lipinski definition) is 0. The lowest BCUT2D eigenvalue weighted by Gasteiger charge is -2.41. The van der Waals surface area contributed by atoms with Gasteiger partial charge in [-0.3, -0.25) is 4.57 Å². The highest BCUT2D eigenvalue weighted by molar-refractivity contribution is 6.30. The number of halogens is 1. The first-order valence-corrected chi connectivity index (χ1v) is 12.6. The van der Waals surface area contributed by atoms with Crippen LogP contribution in [0.2, 0.25) is 5.02 Å². The number of hydrogen-bond acceptors (Lipinski definition) is 6. The molecule has 0 unspecified atom stereocenters. The average molecular weight is 497 g/mol. The Morgan fingerprint density at radius 1 is 1.20 bits per heavy atom. The zero-order valence-electron chi connectivity index (χ0n) is 21.0. The van der Waals surface area contributed by atoms with Crippen LogP contribution in [0, 0.1) is 0 Å². The van der Waals surface area contributed by atoms with E-state index >= 15 is 0 Å². The highest BCUT2D eigenvalue weighted by Crippen LogP contribution is 2.40. The van der Waals surface area contributed by atoms with Crippen LogP contribution in [0.1, 0.15) is 40.5 Å². The van der Waals surface area contributed by atoms with Gasteiger partial charge in [0.1, 0.15) is 17.7 Å². The van der Waals surface area contributed by atoms with Gasteiger partial charge in [-0.1, -0.05) is 17.7 Å². The molecule has 5 rings (SSSR count). The van der Waals surface area contributed by atoms with E-state index in [0.717, 1.165) is 28.2 Å². The summed E-state index contributed by atoms with van der Waals surface area (Å²) in [6.45, 7) is 9.63. The third-order valence-corrected chi connectivity index (χ3v) is 6.89. The van der Waals surface area contributed by atoms with Crippen molar-refractivity contribution in [3.05, 3.63) is 41.8 Å². The van der Waals surface area contributed by atoms with Crippen LogP contribution in [0.25, 0.3) is 16.7 Å². The molecule has 3 aromatic rings. The molecule has 0 bridgehead atoms. The number of aromatic nitrogens is 3. The molecule has 186 valence electrons. The van der Waals surface area contributed by atoms with Crippen LogP contribution >= 0.6 is 11.6 Å². The maximum Gasteiger partial charge on any atom is 0.410 e. The molecule has 1 amide bonds. The van der Waals surface area contributed by atoms with Crippen molar-refractivity contribution in [2.75, 3.05) is 36.5 Å². The Bertz CT molecular complexity index is 1250. The standard InChI is InChI=1S/C26H33ClN6O2/c1-17-14-31(25(34)35-26(2,3)4)11-12-32(17)23-22-21(30(5)19-9-10-19)15-33(24(22)29-16-28-23)20-8-6-7-18(27)13-20/h6-8,13,15-17,19H,9-12,14H2,1-5H3/t17-/m0/s1. The molecule has 2 fully saturated rings. The fraction of sp³-hybridized carbons (Fsp3) is 0.500. The van der Waals surface area contributed by atoms with Gasteiger partial charge in [-0.05, 0) is 58.7 Å². The maximum absolute atomic E-state index is 12.7. The van der Waals surface area contributed by atoms with Gasteiger partial charge in [0, 0.05) is 55.7 Å². The molecule has 35 heavy (non-hydrogen) atoms. The third kappa shape index (κ3) is 4.76. The Balaban J connectivity index is 1.53. The molecule has 0 radical (unpaired) electrons. The van der Waals surface area contributed by atoms with Crippen molar-refractivity contribution in [1.29, 1.82) is 0 Å². The number of carbonyl (C=O) groups is 1. The minimum Gasteiger partial charge on any atom is -0.444 e. The van der Waals surface area contributed by atoms with Crippen LogP contribution in [0.15, 0.2) is 36.8 Å². The van der Waals surface area contributed by atoms with Gasteiger partial charge in [0.05, 0.1) is 11.1 Å². The van der Waals surface area contributed by atoms with E-state index < -0.39 is 5.60 Å². The van der Waals surface area contributed by atoms with E-state index in [2.05, 4.69) is 34.5 Å². The van der Waals surface area contributed by atoms with Gasteiger partial charge in [-0.2, -0.15) is 0 Å². The summed E-state index contributed by atoms with van der Waals surface area (Å²) in [6.07, 6.45) is 5.89. The van der Waals surface area contributed by atoms with Crippen molar-refractivity contribution in [3.8, 4) is 5.69 Å². The van der Waals surface area contributed by atoms with Gasteiger partial charge >= 0.3 is 6.09 Å². The van der Waals surface area contributed by atoms with Gasteiger partial charge in [-0.25, -0.2) is 14.8 Å². The molecule has 1 atom stereocenters. The van der Waals surface area contributed by atoms with Crippen LogP contribution in [0.5, 0.6) is 0 Å². The highest BCUT2D eigenvalue weighted by Gasteiger charge is 2.34. The maximum atomic E-state index is 12.7. The normalized spacial score (nSPS) is 18.7. The van der Waals surface area contributed by atoms with Crippen LogP contribution in [-0.4, -0.2) is 69.9 Å². The summed E-state index contributed by atoms with van der Waals surface area (Å²) < 4.78 is 7.70. The minimum absolute atomic E-state index is 0.0722. The van der Waals surface area contributed by atoms with Crippen LogP contribution in [0.4, 0.5) is 16.3 Å². The number of ether oxygens (including phenoxy) is 1. The molecule has 0 spiro atoms. The van der Waals surface area contributed by atoms with Gasteiger partial charge < -0.3 is 19.4 Å². The zero-order chi connectivity index (χ0) is 24.9. The zero-order valence-corrected chi connectivity index (χ0v) is 21.8. The highest BCUT2D eigenvalue weighted by atomic mass is 35.5. The molecule has 1 aliphatic heterocycles. The fourth-order valence-corrected chi connectivity index (χ4v) is 4.94. The second kappa shape index (κ2) is 8.90. The van der Waals surface area contributed by atoms with E-state index in [9.17, 15) is 4.79 Å². The lowest BCUT2D eigenvalue weighted by Crippen LogP contribution is -2.54. The average Bonchev–Trinajstić information content (AvgIpc) is 3.57. The fourth-order valence-electron chi connectivity index (χ4n) is 4.76. The van der Waals surface area contributed by atoms with E-state index in [4.69, 9.17) is 26.3 Å². The summed E-state index contributed by atoms with van der Waals surface area (Å²) >= 11 is 6.32. The second-order valence-corrected chi connectivity index (χ2v) is 11.0. The summed E-state index contributed by atoms with van der Waals surface area (Å²) in [5.41, 5.74) is 2.41. The molecule has 1 aromatic carbocycles. The smallest absolute Gasteiger partial charge is 0.410 e. The first kappa shape index (κ1) is 23.7. The van der Waals surface area contributed by atoms with Crippen molar-refractivity contribution in [2.24, 2.45) is 0 Å². The summed E-state index contributed by atoms with van der Waals surface area (Å²) in [6, 6.07) is 8.42. The van der Waals surface area contributed by atoms with Crippen molar-refractivity contribution in [2.45, 2.75) is 58.2 Å². The lowest BCUT2D eigenvalue weighted by molar-refractivity contribution is 0.0218. The first-order valence-electron chi connectivity index (χ1n) is 12.2. The molecule has 0 N–H and O–H groups in total. The van der Waals surface area contributed by atoms with Crippen LogP contribution in [-0.2, 0) is 4.74 Å².